The van der Waals surface area contributed by atoms with Crippen molar-refractivity contribution in [2.45, 2.75) is 44.6 Å². The standard InChI is InChI=1S/C11H16O2/c1-8-6-10-4-3-5-11(8,7-10)13-9(2)12/h10H,1,3-7H2,2H3. The molecule has 2 nitrogen and oxygen atoms in total. The van der Waals surface area contributed by atoms with Gasteiger partial charge in [-0.05, 0) is 43.6 Å². The van der Waals surface area contributed by atoms with Crippen LogP contribution in [-0.2, 0) is 9.53 Å². The first-order valence-electron chi connectivity index (χ1n) is 5.00. The fourth-order valence-corrected chi connectivity index (χ4v) is 2.82. The third-order valence-corrected chi connectivity index (χ3v) is 3.33. The summed E-state index contributed by atoms with van der Waals surface area (Å²) in [6.45, 7) is 5.53. The van der Waals surface area contributed by atoms with E-state index in [1.165, 1.54) is 19.8 Å². The van der Waals surface area contributed by atoms with Gasteiger partial charge in [0.2, 0.25) is 0 Å². The quantitative estimate of drug-likeness (QED) is 0.457. The Balaban J connectivity index is 2.19. The van der Waals surface area contributed by atoms with Gasteiger partial charge in [0.05, 0.1) is 0 Å². The van der Waals surface area contributed by atoms with Gasteiger partial charge < -0.3 is 4.74 Å². The number of carbonyl (C=O) groups is 1. The van der Waals surface area contributed by atoms with Crippen molar-refractivity contribution < 1.29 is 9.53 Å². The zero-order valence-corrected chi connectivity index (χ0v) is 8.14. The van der Waals surface area contributed by atoms with Crippen LogP contribution < -0.4 is 0 Å². The lowest BCUT2D eigenvalue weighted by Crippen LogP contribution is -2.35. The van der Waals surface area contributed by atoms with Gasteiger partial charge in [-0.15, -0.1) is 0 Å². The summed E-state index contributed by atoms with van der Waals surface area (Å²) >= 11 is 0. The Morgan fingerprint density at radius 1 is 1.69 bits per heavy atom. The molecule has 0 spiro atoms. The van der Waals surface area contributed by atoms with E-state index < -0.39 is 0 Å². The minimum atomic E-state index is -0.269. The molecule has 2 aliphatic rings. The Kier molecular flexibility index (Phi) is 1.94. The normalized spacial score (nSPS) is 37.6. The van der Waals surface area contributed by atoms with E-state index in [1.807, 2.05) is 0 Å². The Hall–Kier alpha value is -0.790. The molecule has 2 atom stereocenters. The van der Waals surface area contributed by atoms with Crippen LogP contribution >= 0.6 is 0 Å². The fraction of sp³-hybridized carbons (Fsp3) is 0.727. The smallest absolute Gasteiger partial charge is 0.303 e. The van der Waals surface area contributed by atoms with Crippen LogP contribution in [0.2, 0.25) is 0 Å². The fourth-order valence-electron chi connectivity index (χ4n) is 2.82. The Labute approximate surface area is 79.0 Å². The van der Waals surface area contributed by atoms with Crippen molar-refractivity contribution in [3.05, 3.63) is 12.2 Å². The van der Waals surface area contributed by atoms with Gasteiger partial charge in [0.25, 0.3) is 0 Å². The maximum absolute atomic E-state index is 11.0. The van der Waals surface area contributed by atoms with Gasteiger partial charge in [-0.2, -0.15) is 0 Å². The lowest BCUT2D eigenvalue weighted by molar-refractivity contribution is -0.154. The van der Waals surface area contributed by atoms with E-state index in [4.69, 9.17) is 4.74 Å². The van der Waals surface area contributed by atoms with E-state index in [-0.39, 0.29) is 11.6 Å². The molecule has 0 aromatic carbocycles. The monoisotopic (exact) mass is 180 g/mol. The summed E-state index contributed by atoms with van der Waals surface area (Å²) in [7, 11) is 0. The summed E-state index contributed by atoms with van der Waals surface area (Å²) in [6.07, 6.45) is 5.53. The van der Waals surface area contributed by atoms with Crippen LogP contribution in [0.4, 0.5) is 0 Å². The molecule has 0 heterocycles. The second-order valence-corrected chi connectivity index (χ2v) is 4.36. The van der Waals surface area contributed by atoms with Crippen molar-refractivity contribution in [3.8, 4) is 0 Å². The number of fused-ring (bicyclic) bond motifs is 2. The van der Waals surface area contributed by atoms with Crippen LogP contribution in [0, 0.1) is 5.92 Å². The molecule has 2 rings (SSSR count). The Morgan fingerprint density at radius 2 is 2.46 bits per heavy atom. The maximum Gasteiger partial charge on any atom is 0.303 e. The van der Waals surface area contributed by atoms with Crippen LogP contribution in [0.3, 0.4) is 0 Å². The van der Waals surface area contributed by atoms with Gasteiger partial charge in [0.15, 0.2) is 0 Å². The Bertz CT molecular complexity index is 257. The topological polar surface area (TPSA) is 26.3 Å². The number of hydrogen-bond acceptors (Lipinski definition) is 2. The summed E-state index contributed by atoms with van der Waals surface area (Å²) < 4.78 is 5.44. The van der Waals surface area contributed by atoms with Gasteiger partial charge in [0, 0.05) is 6.92 Å². The molecule has 13 heavy (non-hydrogen) atoms. The van der Waals surface area contributed by atoms with E-state index >= 15 is 0 Å². The van der Waals surface area contributed by atoms with E-state index in [9.17, 15) is 4.79 Å². The van der Waals surface area contributed by atoms with E-state index in [2.05, 4.69) is 6.58 Å². The average molecular weight is 180 g/mol. The summed E-state index contributed by atoms with van der Waals surface area (Å²) in [5.41, 5.74) is 0.875. The van der Waals surface area contributed by atoms with Crippen molar-refractivity contribution in [3.63, 3.8) is 0 Å². The van der Waals surface area contributed by atoms with Gasteiger partial charge >= 0.3 is 5.97 Å². The molecule has 2 unspecified atom stereocenters. The molecule has 0 N–H and O–H groups in total. The van der Waals surface area contributed by atoms with Crippen molar-refractivity contribution in [2.75, 3.05) is 0 Å². The van der Waals surface area contributed by atoms with Crippen LogP contribution in [0.25, 0.3) is 0 Å². The van der Waals surface area contributed by atoms with Crippen LogP contribution in [-0.4, -0.2) is 11.6 Å². The molecule has 0 aliphatic heterocycles. The molecule has 0 radical (unpaired) electrons. The molecule has 0 amide bonds. The third kappa shape index (κ3) is 1.38. The second kappa shape index (κ2) is 2.86. The molecule has 2 bridgehead atoms. The highest BCUT2D eigenvalue weighted by atomic mass is 16.6. The molecule has 0 aromatic rings. The number of hydrogen-bond donors (Lipinski definition) is 0. The van der Waals surface area contributed by atoms with E-state index in [0.29, 0.717) is 0 Å². The largest absolute Gasteiger partial charge is 0.455 e. The predicted octanol–water partition coefficient (Wildman–Crippen LogP) is 2.44. The zero-order chi connectivity index (χ0) is 9.47. The van der Waals surface area contributed by atoms with Crippen LogP contribution in [0.5, 0.6) is 0 Å². The number of esters is 1. The highest BCUT2D eigenvalue weighted by Crippen LogP contribution is 2.50. The van der Waals surface area contributed by atoms with Gasteiger partial charge in [-0.1, -0.05) is 6.58 Å². The molecule has 0 aromatic heterocycles. The molecule has 0 saturated heterocycles. The van der Waals surface area contributed by atoms with Crippen molar-refractivity contribution in [1.82, 2.24) is 0 Å². The Morgan fingerprint density at radius 3 is 3.15 bits per heavy atom. The first-order chi connectivity index (χ1) is 6.12. The first-order valence-corrected chi connectivity index (χ1v) is 5.00. The van der Waals surface area contributed by atoms with Crippen molar-refractivity contribution in [1.29, 1.82) is 0 Å². The van der Waals surface area contributed by atoms with E-state index in [1.54, 1.807) is 0 Å². The maximum atomic E-state index is 11.0. The molecule has 2 aliphatic carbocycles. The van der Waals surface area contributed by atoms with E-state index in [0.717, 1.165) is 30.8 Å². The molecule has 2 heteroatoms. The predicted molar refractivity (Wildman–Crippen MR) is 50.2 cm³/mol. The first kappa shape index (κ1) is 8.79. The average Bonchev–Trinajstić information content (AvgIpc) is 2.21. The molecule has 2 fully saturated rings. The SMILES string of the molecule is C=C1CC2CCCC1(OC(C)=O)C2. The number of carbonyl (C=O) groups excluding carboxylic acids is 1. The molecule has 72 valence electrons. The minimum Gasteiger partial charge on any atom is -0.455 e. The summed E-state index contributed by atoms with van der Waals surface area (Å²) in [6, 6.07) is 0. The third-order valence-electron chi connectivity index (χ3n) is 3.33. The van der Waals surface area contributed by atoms with Crippen molar-refractivity contribution >= 4 is 5.97 Å². The minimum absolute atomic E-state index is 0.163. The number of rotatable bonds is 1. The highest BCUT2D eigenvalue weighted by Gasteiger charge is 2.47. The molecular weight excluding hydrogens is 164 g/mol. The zero-order valence-electron chi connectivity index (χ0n) is 8.14. The summed E-state index contributed by atoms with van der Waals surface area (Å²) in [5.74, 6) is 0.560. The van der Waals surface area contributed by atoms with Crippen molar-refractivity contribution in [2.24, 2.45) is 5.92 Å². The van der Waals surface area contributed by atoms with Gasteiger partial charge in [-0.25, -0.2) is 0 Å². The summed E-state index contributed by atoms with van der Waals surface area (Å²) in [5, 5.41) is 0. The highest BCUT2D eigenvalue weighted by molar-refractivity contribution is 5.67. The van der Waals surface area contributed by atoms with Crippen LogP contribution in [0.15, 0.2) is 12.2 Å². The molecule has 2 saturated carbocycles. The lowest BCUT2D eigenvalue weighted by atomic mass is 9.84. The summed E-state index contributed by atoms with van der Waals surface area (Å²) in [4.78, 5) is 11.0. The lowest BCUT2D eigenvalue weighted by Gasteiger charge is -2.33. The second-order valence-electron chi connectivity index (χ2n) is 4.36. The van der Waals surface area contributed by atoms with Gasteiger partial charge in [0.1, 0.15) is 5.60 Å². The number of ether oxygens (including phenoxy) is 1. The van der Waals surface area contributed by atoms with Gasteiger partial charge in [-0.3, -0.25) is 4.79 Å². The molecular formula is C11H16O2. The van der Waals surface area contributed by atoms with Crippen LogP contribution in [0.1, 0.15) is 39.0 Å².